The maximum Gasteiger partial charge on any atom is 0.198 e. The molecule has 0 aliphatic carbocycles. The molecule has 3 aromatic heterocycles. The molecule has 0 spiro atoms. The molecule has 0 unspecified atom stereocenters. The molecule has 16 heavy (non-hydrogen) atoms. The Morgan fingerprint density at radius 2 is 2.12 bits per heavy atom. The molecule has 2 N–H and O–H groups in total. The first-order valence-electron chi connectivity index (χ1n) is 4.80. The van der Waals surface area contributed by atoms with E-state index in [1.165, 1.54) is 0 Å². The molecular formula is C10H9N5O. The van der Waals surface area contributed by atoms with E-state index in [9.17, 15) is 0 Å². The van der Waals surface area contributed by atoms with Crippen molar-refractivity contribution in [2.75, 3.05) is 5.73 Å². The van der Waals surface area contributed by atoms with E-state index in [4.69, 9.17) is 5.73 Å². The summed E-state index contributed by atoms with van der Waals surface area (Å²) >= 11 is 0. The molecule has 3 aromatic rings. The molecule has 3 rings (SSSR count). The van der Waals surface area contributed by atoms with Crippen LogP contribution in [0.1, 0.15) is 5.56 Å². The first kappa shape index (κ1) is 8.90. The molecule has 0 saturated heterocycles. The van der Waals surface area contributed by atoms with E-state index in [1.54, 1.807) is 4.52 Å². The van der Waals surface area contributed by atoms with Crippen molar-refractivity contribution in [1.82, 2.24) is 19.9 Å². The van der Waals surface area contributed by atoms with Crippen molar-refractivity contribution in [2.45, 2.75) is 6.92 Å². The highest BCUT2D eigenvalue weighted by Crippen LogP contribution is 2.26. The number of aryl methyl sites for hydroxylation is 1. The molecule has 0 aliphatic heterocycles. The zero-order chi connectivity index (χ0) is 11.1. The van der Waals surface area contributed by atoms with Crippen molar-refractivity contribution in [1.29, 1.82) is 0 Å². The Kier molecular flexibility index (Phi) is 1.70. The quantitative estimate of drug-likeness (QED) is 0.661. The Balaban J connectivity index is 2.33. The van der Waals surface area contributed by atoms with Gasteiger partial charge in [0, 0.05) is 11.8 Å². The third-order valence-electron chi connectivity index (χ3n) is 2.52. The maximum atomic E-state index is 5.65. The van der Waals surface area contributed by atoms with E-state index in [1.807, 2.05) is 31.3 Å². The number of rotatable bonds is 1. The van der Waals surface area contributed by atoms with Gasteiger partial charge in [-0.3, -0.25) is 0 Å². The van der Waals surface area contributed by atoms with Gasteiger partial charge < -0.3 is 5.73 Å². The topological polar surface area (TPSA) is 82.2 Å². The Labute approximate surface area is 90.6 Å². The lowest BCUT2D eigenvalue weighted by atomic mass is 10.2. The van der Waals surface area contributed by atoms with E-state index in [2.05, 4.69) is 20.0 Å². The van der Waals surface area contributed by atoms with Gasteiger partial charge in [0.05, 0.1) is 5.52 Å². The number of anilines is 1. The van der Waals surface area contributed by atoms with Crippen molar-refractivity contribution in [3.8, 4) is 11.4 Å². The third-order valence-corrected chi connectivity index (χ3v) is 2.52. The summed E-state index contributed by atoms with van der Waals surface area (Å²) in [7, 11) is 0. The molecule has 6 heteroatoms. The van der Waals surface area contributed by atoms with Gasteiger partial charge in [0.15, 0.2) is 11.5 Å². The SMILES string of the molecule is Cc1c(-c2nonc2N)nn2ccccc12. The number of aromatic nitrogens is 4. The molecule has 0 atom stereocenters. The van der Waals surface area contributed by atoms with E-state index in [0.29, 0.717) is 11.4 Å². The second kappa shape index (κ2) is 3.06. The van der Waals surface area contributed by atoms with Crippen LogP contribution in [0.15, 0.2) is 29.0 Å². The van der Waals surface area contributed by atoms with Crippen LogP contribution in [0.25, 0.3) is 16.9 Å². The van der Waals surface area contributed by atoms with Crippen LogP contribution in [0.2, 0.25) is 0 Å². The summed E-state index contributed by atoms with van der Waals surface area (Å²) in [5.41, 5.74) is 8.85. The largest absolute Gasteiger partial charge is 0.379 e. The van der Waals surface area contributed by atoms with Crippen LogP contribution in [0, 0.1) is 6.92 Å². The molecule has 80 valence electrons. The fourth-order valence-corrected chi connectivity index (χ4v) is 1.71. The van der Waals surface area contributed by atoms with Crippen molar-refractivity contribution in [3.05, 3.63) is 30.0 Å². The van der Waals surface area contributed by atoms with Gasteiger partial charge in [0.2, 0.25) is 0 Å². The summed E-state index contributed by atoms with van der Waals surface area (Å²) in [5.74, 6) is 0.256. The van der Waals surface area contributed by atoms with E-state index in [0.717, 1.165) is 11.1 Å². The predicted molar refractivity (Wildman–Crippen MR) is 57.6 cm³/mol. The van der Waals surface area contributed by atoms with E-state index < -0.39 is 0 Å². The Bertz CT molecular complexity index is 654. The summed E-state index contributed by atoms with van der Waals surface area (Å²) in [6.07, 6.45) is 1.87. The van der Waals surface area contributed by atoms with Crippen LogP contribution in [-0.2, 0) is 0 Å². The fourth-order valence-electron chi connectivity index (χ4n) is 1.71. The van der Waals surface area contributed by atoms with Crippen LogP contribution >= 0.6 is 0 Å². The van der Waals surface area contributed by atoms with Crippen LogP contribution in [0.4, 0.5) is 5.82 Å². The zero-order valence-corrected chi connectivity index (χ0v) is 8.58. The standard InChI is InChI=1S/C10H9N5O/c1-6-7-4-2-3-5-15(7)12-8(6)9-10(11)14-16-13-9/h2-5H,1H3,(H2,11,14). The number of hydrogen-bond acceptors (Lipinski definition) is 5. The van der Waals surface area contributed by atoms with Gasteiger partial charge in [-0.1, -0.05) is 6.07 Å². The van der Waals surface area contributed by atoms with Gasteiger partial charge in [-0.25, -0.2) is 9.14 Å². The monoisotopic (exact) mass is 215 g/mol. The van der Waals surface area contributed by atoms with Gasteiger partial charge in [0.25, 0.3) is 0 Å². The minimum atomic E-state index is 0.256. The van der Waals surface area contributed by atoms with Crippen LogP contribution in [-0.4, -0.2) is 19.9 Å². The lowest BCUT2D eigenvalue weighted by Gasteiger charge is -1.90. The molecule has 3 heterocycles. The summed E-state index contributed by atoms with van der Waals surface area (Å²) in [6, 6.07) is 5.85. The van der Waals surface area contributed by atoms with E-state index >= 15 is 0 Å². The lowest BCUT2D eigenvalue weighted by Crippen LogP contribution is -1.90. The summed E-state index contributed by atoms with van der Waals surface area (Å²) in [6.45, 7) is 1.96. The number of nitrogens with two attached hydrogens (primary N) is 1. The van der Waals surface area contributed by atoms with Gasteiger partial charge in [-0.15, -0.1) is 0 Å². The molecule has 0 saturated carbocycles. The van der Waals surface area contributed by atoms with Crippen molar-refractivity contribution in [2.24, 2.45) is 0 Å². The van der Waals surface area contributed by atoms with Gasteiger partial charge >= 0.3 is 0 Å². The Morgan fingerprint density at radius 1 is 1.25 bits per heavy atom. The number of nitrogen functional groups attached to an aromatic ring is 1. The van der Waals surface area contributed by atoms with Gasteiger partial charge in [-0.2, -0.15) is 5.10 Å². The number of pyridine rings is 1. The molecular weight excluding hydrogens is 206 g/mol. The summed E-state index contributed by atoms with van der Waals surface area (Å²) in [5, 5.41) is 11.7. The highest BCUT2D eigenvalue weighted by atomic mass is 16.6. The highest BCUT2D eigenvalue weighted by Gasteiger charge is 2.17. The molecule has 0 radical (unpaired) electrons. The Hall–Kier alpha value is -2.37. The molecule has 0 amide bonds. The molecule has 0 aliphatic rings. The minimum Gasteiger partial charge on any atom is -0.379 e. The number of fused-ring (bicyclic) bond motifs is 1. The van der Waals surface area contributed by atoms with Crippen LogP contribution < -0.4 is 5.73 Å². The third kappa shape index (κ3) is 1.10. The fraction of sp³-hybridized carbons (Fsp3) is 0.100. The maximum absolute atomic E-state index is 5.65. The molecule has 0 bridgehead atoms. The molecule has 0 aromatic carbocycles. The predicted octanol–water partition coefficient (Wildman–Crippen LogP) is 1.27. The first-order chi connectivity index (χ1) is 7.77. The first-order valence-corrected chi connectivity index (χ1v) is 4.80. The smallest absolute Gasteiger partial charge is 0.198 e. The lowest BCUT2D eigenvalue weighted by molar-refractivity contribution is 0.310. The Morgan fingerprint density at radius 3 is 2.81 bits per heavy atom. The number of nitrogens with zero attached hydrogens (tertiary/aromatic N) is 4. The second-order valence-electron chi connectivity index (χ2n) is 3.50. The van der Waals surface area contributed by atoms with Crippen molar-refractivity contribution < 1.29 is 4.63 Å². The average molecular weight is 215 g/mol. The van der Waals surface area contributed by atoms with E-state index in [-0.39, 0.29) is 5.82 Å². The average Bonchev–Trinajstić information content (AvgIpc) is 2.84. The second-order valence-corrected chi connectivity index (χ2v) is 3.50. The molecule has 6 nitrogen and oxygen atoms in total. The van der Waals surface area contributed by atoms with Crippen LogP contribution in [0.5, 0.6) is 0 Å². The summed E-state index contributed by atoms with van der Waals surface area (Å²) in [4.78, 5) is 0. The van der Waals surface area contributed by atoms with Gasteiger partial charge in [0.1, 0.15) is 5.69 Å². The van der Waals surface area contributed by atoms with Crippen LogP contribution in [0.3, 0.4) is 0 Å². The highest BCUT2D eigenvalue weighted by molar-refractivity contribution is 5.74. The normalized spacial score (nSPS) is 11.1. The van der Waals surface area contributed by atoms with Crippen molar-refractivity contribution >= 4 is 11.3 Å². The van der Waals surface area contributed by atoms with Crippen molar-refractivity contribution in [3.63, 3.8) is 0 Å². The molecule has 0 fully saturated rings. The summed E-state index contributed by atoms with van der Waals surface area (Å²) < 4.78 is 6.35. The van der Waals surface area contributed by atoms with Gasteiger partial charge in [-0.05, 0) is 29.4 Å². The number of hydrogen-bond donors (Lipinski definition) is 1. The zero-order valence-electron chi connectivity index (χ0n) is 8.58. The minimum absolute atomic E-state index is 0.256.